The van der Waals surface area contributed by atoms with Gasteiger partial charge >= 0.3 is 0 Å². The molecule has 7 nitrogen and oxygen atoms in total. The Labute approximate surface area is 193 Å². The van der Waals surface area contributed by atoms with Gasteiger partial charge in [-0.3, -0.25) is 9.59 Å². The highest BCUT2D eigenvalue weighted by atomic mass is 32.2. The minimum atomic E-state index is -0.332. The van der Waals surface area contributed by atoms with Crippen LogP contribution in [-0.4, -0.2) is 32.3 Å². The zero-order valence-corrected chi connectivity index (χ0v) is 19.9. The molecule has 1 aromatic heterocycles. The molecule has 1 atom stereocenters. The van der Waals surface area contributed by atoms with E-state index in [1.165, 1.54) is 11.8 Å². The van der Waals surface area contributed by atoms with Crippen LogP contribution in [0.5, 0.6) is 0 Å². The molecule has 0 aliphatic heterocycles. The predicted molar refractivity (Wildman–Crippen MR) is 128 cm³/mol. The molecular formula is C24H29N5O2S. The number of nitrogens with zero attached hydrogens (tertiary/aromatic N) is 3. The van der Waals surface area contributed by atoms with Crippen molar-refractivity contribution in [3.63, 3.8) is 0 Å². The third-order valence-electron chi connectivity index (χ3n) is 5.07. The quantitative estimate of drug-likeness (QED) is 0.493. The molecule has 3 aromatic rings. The molecule has 168 valence electrons. The van der Waals surface area contributed by atoms with E-state index in [-0.39, 0.29) is 23.6 Å². The topological polar surface area (TPSA) is 88.9 Å². The van der Waals surface area contributed by atoms with Crippen LogP contribution in [0.4, 0.5) is 5.69 Å². The van der Waals surface area contributed by atoms with Gasteiger partial charge in [-0.1, -0.05) is 61.5 Å². The Morgan fingerprint density at radius 1 is 1.06 bits per heavy atom. The molecule has 3 rings (SSSR count). The number of thioether (sulfide) groups is 1. The lowest BCUT2D eigenvalue weighted by Gasteiger charge is -2.14. The number of anilines is 1. The van der Waals surface area contributed by atoms with E-state index in [2.05, 4.69) is 34.7 Å². The van der Waals surface area contributed by atoms with E-state index >= 15 is 0 Å². The van der Waals surface area contributed by atoms with Gasteiger partial charge in [0.25, 0.3) is 5.91 Å². The number of hydrogen-bond acceptors (Lipinski definition) is 5. The molecule has 0 aliphatic carbocycles. The minimum Gasteiger partial charge on any atom is -0.342 e. The van der Waals surface area contributed by atoms with Crippen molar-refractivity contribution in [1.82, 2.24) is 20.1 Å². The SMILES string of the molecule is Cc1cccc(C(=O)N[C@H](C)c2nnc(SCC(=O)Nc3ccccc3C(C)C)n2C)c1. The first-order chi connectivity index (χ1) is 15.3. The zero-order valence-electron chi connectivity index (χ0n) is 19.0. The third kappa shape index (κ3) is 5.76. The highest BCUT2D eigenvalue weighted by Crippen LogP contribution is 2.25. The van der Waals surface area contributed by atoms with Crippen molar-refractivity contribution >= 4 is 29.3 Å². The molecule has 2 aromatic carbocycles. The van der Waals surface area contributed by atoms with Crippen molar-refractivity contribution in [3.05, 3.63) is 71.0 Å². The summed E-state index contributed by atoms with van der Waals surface area (Å²) >= 11 is 1.31. The zero-order chi connectivity index (χ0) is 23.3. The lowest BCUT2D eigenvalue weighted by molar-refractivity contribution is -0.113. The second-order valence-corrected chi connectivity index (χ2v) is 8.99. The standard InChI is InChI=1S/C24H29N5O2S/c1-15(2)19-11-6-7-12-20(19)26-21(30)14-32-24-28-27-22(29(24)5)17(4)25-23(31)18-10-8-9-16(3)13-18/h6-13,15,17H,14H2,1-5H3,(H,25,31)(H,26,30)/t17-/m1/s1. The van der Waals surface area contributed by atoms with E-state index in [1.807, 2.05) is 63.4 Å². The molecule has 0 unspecified atom stereocenters. The fourth-order valence-corrected chi connectivity index (χ4v) is 4.11. The predicted octanol–water partition coefficient (Wildman–Crippen LogP) is 4.47. The second-order valence-electron chi connectivity index (χ2n) is 8.04. The van der Waals surface area contributed by atoms with Gasteiger partial charge in [0.1, 0.15) is 0 Å². The van der Waals surface area contributed by atoms with Crippen molar-refractivity contribution in [2.24, 2.45) is 7.05 Å². The molecule has 0 saturated heterocycles. The first-order valence-electron chi connectivity index (χ1n) is 10.5. The van der Waals surface area contributed by atoms with Crippen LogP contribution in [0.25, 0.3) is 0 Å². The van der Waals surface area contributed by atoms with E-state index in [0.29, 0.717) is 22.5 Å². The van der Waals surface area contributed by atoms with Gasteiger partial charge in [0.15, 0.2) is 11.0 Å². The number of para-hydroxylation sites is 1. The van der Waals surface area contributed by atoms with Crippen molar-refractivity contribution in [2.45, 2.75) is 44.8 Å². The maximum Gasteiger partial charge on any atom is 0.251 e. The first kappa shape index (κ1) is 23.5. The third-order valence-corrected chi connectivity index (χ3v) is 6.09. The van der Waals surface area contributed by atoms with Gasteiger partial charge in [0.2, 0.25) is 5.91 Å². The van der Waals surface area contributed by atoms with Crippen molar-refractivity contribution in [3.8, 4) is 0 Å². The molecule has 0 fully saturated rings. The maximum atomic E-state index is 12.5. The van der Waals surface area contributed by atoms with Gasteiger partial charge < -0.3 is 15.2 Å². The number of amides is 2. The van der Waals surface area contributed by atoms with Crippen molar-refractivity contribution < 1.29 is 9.59 Å². The summed E-state index contributed by atoms with van der Waals surface area (Å²) in [5.41, 5.74) is 3.56. The summed E-state index contributed by atoms with van der Waals surface area (Å²) in [6, 6.07) is 14.9. The normalized spacial score (nSPS) is 11.9. The second kappa shape index (κ2) is 10.5. The molecule has 8 heteroatoms. The average molecular weight is 452 g/mol. The van der Waals surface area contributed by atoms with Gasteiger partial charge in [-0.05, 0) is 43.5 Å². The Hall–Kier alpha value is -3.13. The van der Waals surface area contributed by atoms with Crippen LogP contribution in [0.1, 0.15) is 60.0 Å². The molecule has 0 spiro atoms. The number of benzene rings is 2. The Kier molecular flexibility index (Phi) is 7.69. The average Bonchev–Trinajstić information content (AvgIpc) is 3.13. The number of aromatic nitrogens is 3. The maximum absolute atomic E-state index is 12.5. The summed E-state index contributed by atoms with van der Waals surface area (Å²) in [6.45, 7) is 8.01. The lowest BCUT2D eigenvalue weighted by Crippen LogP contribution is -2.28. The summed E-state index contributed by atoms with van der Waals surface area (Å²) in [5, 5.41) is 15.0. The van der Waals surface area contributed by atoms with E-state index in [4.69, 9.17) is 0 Å². The largest absolute Gasteiger partial charge is 0.342 e. The monoisotopic (exact) mass is 451 g/mol. The van der Waals surface area contributed by atoms with Gasteiger partial charge in [-0.25, -0.2) is 0 Å². The number of rotatable bonds is 8. The van der Waals surface area contributed by atoms with Crippen LogP contribution in [0.15, 0.2) is 53.7 Å². The number of nitrogens with one attached hydrogen (secondary N) is 2. The van der Waals surface area contributed by atoms with E-state index in [1.54, 1.807) is 10.6 Å². The summed E-state index contributed by atoms with van der Waals surface area (Å²) in [4.78, 5) is 25.0. The molecule has 0 saturated carbocycles. The highest BCUT2D eigenvalue weighted by molar-refractivity contribution is 7.99. The number of aryl methyl sites for hydroxylation is 1. The highest BCUT2D eigenvalue weighted by Gasteiger charge is 2.19. The molecule has 0 aliphatic rings. The lowest BCUT2D eigenvalue weighted by atomic mass is 10.0. The van der Waals surface area contributed by atoms with Crippen molar-refractivity contribution in [2.75, 3.05) is 11.1 Å². The van der Waals surface area contributed by atoms with Crippen molar-refractivity contribution in [1.29, 1.82) is 0 Å². The fraction of sp³-hybridized carbons (Fsp3) is 0.333. The van der Waals surface area contributed by atoms with Crippen LogP contribution >= 0.6 is 11.8 Å². The fourth-order valence-electron chi connectivity index (χ4n) is 3.39. The van der Waals surface area contributed by atoms with E-state index in [9.17, 15) is 9.59 Å². The first-order valence-corrected chi connectivity index (χ1v) is 11.5. The molecule has 32 heavy (non-hydrogen) atoms. The van der Waals surface area contributed by atoms with Crippen LogP contribution in [0.2, 0.25) is 0 Å². The van der Waals surface area contributed by atoms with Gasteiger partial charge in [0, 0.05) is 18.3 Å². The van der Waals surface area contributed by atoms with Gasteiger partial charge in [-0.2, -0.15) is 0 Å². The number of carbonyl (C=O) groups excluding carboxylic acids is 2. The van der Waals surface area contributed by atoms with Gasteiger partial charge in [-0.15, -0.1) is 10.2 Å². The summed E-state index contributed by atoms with van der Waals surface area (Å²) in [7, 11) is 1.83. The molecule has 1 heterocycles. The van der Waals surface area contributed by atoms with Crippen LogP contribution in [0, 0.1) is 6.92 Å². The molecule has 2 amide bonds. The summed E-state index contributed by atoms with van der Waals surface area (Å²) in [5.74, 6) is 0.883. The molecule has 2 N–H and O–H groups in total. The van der Waals surface area contributed by atoms with Crippen LogP contribution in [0.3, 0.4) is 0 Å². The Morgan fingerprint density at radius 2 is 1.81 bits per heavy atom. The van der Waals surface area contributed by atoms with Gasteiger partial charge in [0.05, 0.1) is 11.8 Å². The molecule has 0 bridgehead atoms. The summed E-state index contributed by atoms with van der Waals surface area (Å²) in [6.07, 6.45) is 0. The van der Waals surface area contributed by atoms with E-state index in [0.717, 1.165) is 16.8 Å². The van der Waals surface area contributed by atoms with Crippen LogP contribution in [-0.2, 0) is 11.8 Å². The Balaban J connectivity index is 1.60. The minimum absolute atomic E-state index is 0.103. The molecule has 0 radical (unpaired) electrons. The Bertz CT molecular complexity index is 1110. The number of hydrogen-bond donors (Lipinski definition) is 2. The Morgan fingerprint density at radius 3 is 2.53 bits per heavy atom. The van der Waals surface area contributed by atoms with E-state index < -0.39 is 0 Å². The smallest absolute Gasteiger partial charge is 0.251 e. The summed E-state index contributed by atoms with van der Waals surface area (Å²) < 4.78 is 1.81. The van der Waals surface area contributed by atoms with Crippen LogP contribution < -0.4 is 10.6 Å². The number of carbonyl (C=O) groups is 2. The molecular weight excluding hydrogens is 422 g/mol.